The second-order valence-electron chi connectivity index (χ2n) is 4.76. The standard InChI is InChI=1S/C16H14BrN3/c1-10-6-16(19-9-15(10)18)20-14-5-3-11-7-13(17)4-2-12(11)8-14/h2-9H,18H2,1H3,(H,19,20). The lowest BCUT2D eigenvalue weighted by Crippen LogP contribution is -1.97. The van der Waals surface area contributed by atoms with E-state index in [-0.39, 0.29) is 0 Å². The first-order valence-electron chi connectivity index (χ1n) is 6.30. The summed E-state index contributed by atoms with van der Waals surface area (Å²) in [4.78, 5) is 4.28. The molecule has 3 rings (SSSR count). The number of anilines is 3. The number of nitrogens with two attached hydrogens (primary N) is 1. The molecule has 0 unspecified atom stereocenters. The molecule has 2 aromatic carbocycles. The number of hydrogen-bond donors (Lipinski definition) is 2. The summed E-state index contributed by atoms with van der Waals surface area (Å²) in [6.07, 6.45) is 1.68. The fourth-order valence-corrected chi connectivity index (χ4v) is 2.46. The third-order valence-electron chi connectivity index (χ3n) is 3.23. The summed E-state index contributed by atoms with van der Waals surface area (Å²) in [5.74, 6) is 0.799. The molecule has 0 bridgehead atoms. The minimum atomic E-state index is 0.707. The fraction of sp³-hybridized carbons (Fsp3) is 0.0625. The Labute approximate surface area is 126 Å². The van der Waals surface area contributed by atoms with E-state index in [1.54, 1.807) is 6.20 Å². The van der Waals surface area contributed by atoms with E-state index in [2.05, 4.69) is 50.5 Å². The van der Waals surface area contributed by atoms with E-state index in [1.807, 2.05) is 25.1 Å². The van der Waals surface area contributed by atoms with Gasteiger partial charge in [0.2, 0.25) is 0 Å². The summed E-state index contributed by atoms with van der Waals surface area (Å²) in [6, 6.07) is 14.4. The third kappa shape index (κ3) is 2.60. The molecule has 3 N–H and O–H groups in total. The van der Waals surface area contributed by atoms with E-state index in [4.69, 9.17) is 5.73 Å². The van der Waals surface area contributed by atoms with Gasteiger partial charge in [0.15, 0.2) is 0 Å². The van der Waals surface area contributed by atoms with Gasteiger partial charge in [-0.3, -0.25) is 0 Å². The number of nitrogen functional groups attached to an aromatic ring is 1. The number of rotatable bonds is 2. The van der Waals surface area contributed by atoms with E-state index in [0.29, 0.717) is 5.69 Å². The van der Waals surface area contributed by atoms with Crippen LogP contribution in [0.3, 0.4) is 0 Å². The van der Waals surface area contributed by atoms with E-state index >= 15 is 0 Å². The molecule has 0 fully saturated rings. The minimum Gasteiger partial charge on any atom is -0.397 e. The Morgan fingerprint density at radius 1 is 1.05 bits per heavy atom. The number of pyridine rings is 1. The Morgan fingerprint density at radius 3 is 2.60 bits per heavy atom. The van der Waals surface area contributed by atoms with Gasteiger partial charge in [0.05, 0.1) is 11.9 Å². The second-order valence-corrected chi connectivity index (χ2v) is 5.67. The highest BCUT2D eigenvalue weighted by atomic mass is 79.9. The molecule has 3 aromatic rings. The summed E-state index contributed by atoms with van der Waals surface area (Å²) < 4.78 is 1.08. The Hall–Kier alpha value is -2.07. The number of benzene rings is 2. The number of aryl methyl sites for hydroxylation is 1. The molecule has 4 heteroatoms. The molecular formula is C16H14BrN3. The molecule has 20 heavy (non-hydrogen) atoms. The highest BCUT2D eigenvalue weighted by Crippen LogP contribution is 2.25. The molecule has 0 aliphatic heterocycles. The molecule has 0 saturated heterocycles. The zero-order valence-corrected chi connectivity index (χ0v) is 12.6. The van der Waals surface area contributed by atoms with Crippen LogP contribution in [-0.2, 0) is 0 Å². The number of halogens is 1. The van der Waals surface area contributed by atoms with Gasteiger partial charge in [0, 0.05) is 10.2 Å². The molecule has 0 saturated carbocycles. The van der Waals surface area contributed by atoms with Crippen LogP contribution in [0.4, 0.5) is 17.2 Å². The van der Waals surface area contributed by atoms with Gasteiger partial charge in [-0.1, -0.05) is 28.1 Å². The van der Waals surface area contributed by atoms with Crippen molar-refractivity contribution in [3.63, 3.8) is 0 Å². The van der Waals surface area contributed by atoms with Crippen LogP contribution in [0.2, 0.25) is 0 Å². The minimum absolute atomic E-state index is 0.707. The van der Waals surface area contributed by atoms with E-state index in [0.717, 1.165) is 21.5 Å². The summed E-state index contributed by atoms with van der Waals surface area (Å²) in [7, 11) is 0. The maximum atomic E-state index is 5.78. The normalized spacial score (nSPS) is 10.7. The van der Waals surface area contributed by atoms with Crippen molar-refractivity contribution in [3.8, 4) is 0 Å². The van der Waals surface area contributed by atoms with Gasteiger partial charge < -0.3 is 11.1 Å². The zero-order valence-electron chi connectivity index (χ0n) is 11.0. The number of nitrogens with zero attached hydrogens (tertiary/aromatic N) is 1. The van der Waals surface area contributed by atoms with Crippen LogP contribution < -0.4 is 11.1 Å². The third-order valence-corrected chi connectivity index (χ3v) is 3.72. The lowest BCUT2D eigenvalue weighted by atomic mass is 10.1. The average Bonchev–Trinajstić information content (AvgIpc) is 2.43. The lowest BCUT2D eigenvalue weighted by Gasteiger charge is -2.09. The van der Waals surface area contributed by atoms with Crippen LogP contribution in [0, 0.1) is 6.92 Å². The van der Waals surface area contributed by atoms with Crippen molar-refractivity contribution in [1.82, 2.24) is 4.98 Å². The van der Waals surface area contributed by atoms with Crippen molar-refractivity contribution < 1.29 is 0 Å². The number of nitrogens with one attached hydrogen (secondary N) is 1. The van der Waals surface area contributed by atoms with Gasteiger partial charge in [-0.25, -0.2) is 4.98 Å². The Kier molecular flexibility index (Phi) is 3.32. The Bertz CT molecular complexity index is 784. The van der Waals surface area contributed by atoms with Gasteiger partial charge >= 0.3 is 0 Å². The molecule has 0 aliphatic rings. The highest BCUT2D eigenvalue weighted by molar-refractivity contribution is 9.10. The zero-order chi connectivity index (χ0) is 14.1. The molecule has 1 heterocycles. The van der Waals surface area contributed by atoms with Crippen molar-refractivity contribution >= 4 is 43.9 Å². The quantitative estimate of drug-likeness (QED) is 0.721. The molecule has 0 spiro atoms. The SMILES string of the molecule is Cc1cc(Nc2ccc3cc(Br)ccc3c2)ncc1N. The maximum absolute atomic E-state index is 5.78. The second kappa shape index (κ2) is 5.13. The molecule has 3 nitrogen and oxygen atoms in total. The van der Waals surface area contributed by atoms with Crippen molar-refractivity contribution in [1.29, 1.82) is 0 Å². The van der Waals surface area contributed by atoms with Gasteiger partial charge in [0.25, 0.3) is 0 Å². The summed E-state index contributed by atoms with van der Waals surface area (Å²) in [6.45, 7) is 1.97. The van der Waals surface area contributed by atoms with E-state index in [1.165, 1.54) is 10.8 Å². The largest absolute Gasteiger partial charge is 0.397 e. The van der Waals surface area contributed by atoms with Gasteiger partial charge in [-0.2, -0.15) is 0 Å². The van der Waals surface area contributed by atoms with Crippen molar-refractivity contribution in [2.75, 3.05) is 11.1 Å². The van der Waals surface area contributed by atoms with Crippen molar-refractivity contribution in [2.24, 2.45) is 0 Å². The monoisotopic (exact) mass is 327 g/mol. The molecule has 0 radical (unpaired) electrons. The van der Waals surface area contributed by atoms with Crippen LogP contribution in [0.1, 0.15) is 5.56 Å². The molecule has 0 amide bonds. The van der Waals surface area contributed by atoms with E-state index < -0.39 is 0 Å². The lowest BCUT2D eigenvalue weighted by molar-refractivity contribution is 1.28. The summed E-state index contributed by atoms with van der Waals surface area (Å²) >= 11 is 3.48. The Morgan fingerprint density at radius 2 is 1.80 bits per heavy atom. The van der Waals surface area contributed by atoms with Crippen molar-refractivity contribution in [3.05, 3.63) is 58.7 Å². The molecule has 1 aromatic heterocycles. The van der Waals surface area contributed by atoms with Gasteiger partial charge in [0.1, 0.15) is 5.82 Å². The van der Waals surface area contributed by atoms with Crippen molar-refractivity contribution in [2.45, 2.75) is 6.92 Å². The maximum Gasteiger partial charge on any atom is 0.130 e. The molecular weight excluding hydrogens is 314 g/mol. The molecule has 100 valence electrons. The van der Waals surface area contributed by atoms with Gasteiger partial charge in [-0.15, -0.1) is 0 Å². The van der Waals surface area contributed by atoms with Crippen LogP contribution in [-0.4, -0.2) is 4.98 Å². The molecule has 0 atom stereocenters. The summed E-state index contributed by atoms with van der Waals surface area (Å²) in [5.41, 5.74) is 8.51. The molecule has 0 aliphatic carbocycles. The van der Waals surface area contributed by atoms with Crippen LogP contribution >= 0.6 is 15.9 Å². The first-order chi connectivity index (χ1) is 9.61. The number of fused-ring (bicyclic) bond motifs is 1. The Balaban J connectivity index is 1.94. The van der Waals surface area contributed by atoms with Crippen LogP contribution in [0.25, 0.3) is 10.8 Å². The van der Waals surface area contributed by atoms with Crippen LogP contribution in [0.5, 0.6) is 0 Å². The number of aromatic nitrogens is 1. The first-order valence-corrected chi connectivity index (χ1v) is 7.09. The van der Waals surface area contributed by atoms with Gasteiger partial charge in [-0.05, 0) is 53.6 Å². The highest BCUT2D eigenvalue weighted by Gasteiger charge is 2.01. The van der Waals surface area contributed by atoms with Crippen LogP contribution in [0.15, 0.2) is 53.1 Å². The average molecular weight is 328 g/mol. The topological polar surface area (TPSA) is 50.9 Å². The van der Waals surface area contributed by atoms with E-state index in [9.17, 15) is 0 Å². The predicted octanol–water partition coefficient (Wildman–Crippen LogP) is 4.63. The predicted molar refractivity (Wildman–Crippen MR) is 88.3 cm³/mol. The number of hydrogen-bond acceptors (Lipinski definition) is 3. The first kappa shape index (κ1) is 12.9. The summed E-state index contributed by atoms with van der Waals surface area (Å²) in [5, 5.41) is 5.69. The fourth-order valence-electron chi connectivity index (χ4n) is 2.08. The smallest absolute Gasteiger partial charge is 0.130 e.